The zero-order valence-electron chi connectivity index (χ0n) is 11.8. The number of nitrogens with zero attached hydrogens (tertiary/aromatic N) is 3. The highest BCUT2D eigenvalue weighted by Gasteiger charge is 2.21. The topological polar surface area (TPSA) is 21.1 Å². The molecule has 1 aliphatic carbocycles. The summed E-state index contributed by atoms with van der Waals surface area (Å²) >= 11 is 0. The number of aromatic nitrogens is 2. The minimum atomic E-state index is 0.980. The van der Waals surface area contributed by atoms with E-state index >= 15 is 0 Å². The molecule has 3 heteroatoms. The number of hydrogen-bond acceptors (Lipinski definition) is 2. The lowest BCUT2D eigenvalue weighted by Gasteiger charge is -2.17. The van der Waals surface area contributed by atoms with E-state index in [2.05, 4.69) is 59.1 Å². The fourth-order valence-corrected chi connectivity index (χ4v) is 2.99. The molecule has 0 amide bonds. The Hall–Kier alpha value is -1.61. The number of rotatable bonds is 4. The summed E-state index contributed by atoms with van der Waals surface area (Å²) in [5.41, 5.74) is 5.59. The van der Waals surface area contributed by atoms with Gasteiger partial charge in [0.05, 0.1) is 11.4 Å². The maximum Gasteiger partial charge on any atom is 0.0660 e. The lowest BCUT2D eigenvalue weighted by molar-refractivity contribution is 0.308. The van der Waals surface area contributed by atoms with Gasteiger partial charge in [0, 0.05) is 20.1 Å². The van der Waals surface area contributed by atoms with E-state index in [1.807, 2.05) is 0 Å². The number of fused-ring (bicyclic) bond motifs is 1. The third-order valence-corrected chi connectivity index (χ3v) is 3.91. The van der Waals surface area contributed by atoms with Crippen LogP contribution in [0.4, 0.5) is 0 Å². The Bertz CT molecular complexity index is 557. The third kappa shape index (κ3) is 2.56. The summed E-state index contributed by atoms with van der Waals surface area (Å²) in [5, 5.41) is 4.64. The Morgan fingerprint density at radius 2 is 1.95 bits per heavy atom. The molecule has 1 heterocycles. The van der Waals surface area contributed by atoms with Crippen molar-refractivity contribution in [3.63, 3.8) is 0 Å². The van der Waals surface area contributed by atoms with Crippen molar-refractivity contribution in [1.82, 2.24) is 14.7 Å². The summed E-state index contributed by atoms with van der Waals surface area (Å²) in [7, 11) is 4.26. The van der Waals surface area contributed by atoms with E-state index in [1.165, 1.54) is 35.4 Å². The molecule has 0 unspecified atom stereocenters. The van der Waals surface area contributed by atoms with Crippen molar-refractivity contribution in [2.24, 2.45) is 7.05 Å². The summed E-state index contributed by atoms with van der Waals surface area (Å²) in [6.45, 7) is 1.97. The fraction of sp³-hybridized carbons (Fsp3) is 0.438. The summed E-state index contributed by atoms with van der Waals surface area (Å²) in [6.07, 6.45) is 3.64. The first-order chi connectivity index (χ1) is 9.24. The first-order valence-electron chi connectivity index (χ1n) is 7.00. The maximum absolute atomic E-state index is 4.64. The highest BCUT2D eigenvalue weighted by molar-refractivity contribution is 5.30. The van der Waals surface area contributed by atoms with Gasteiger partial charge in [-0.25, -0.2) is 0 Å². The molecule has 1 aromatic carbocycles. The van der Waals surface area contributed by atoms with Crippen LogP contribution in [-0.2, 0) is 33.0 Å². The van der Waals surface area contributed by atoms with E-state index in [1.54, 1.807) is 0 Å². The van der Waals surface area contributed by atoms with Gasteiger partial charge in [0.2, 0.25) is 0 Å². The maximum atomic E-state index is 4.64. The molecule has 0 spiro atoms. The molecule has 1 aromatic heterocycles. The molecule has 19 heavy (non-hydrogen) atoms. The second-order valence-corrected chi connectivity index (χ2v) is 5.51. The van der Waals surface area contributed by atoms with Crippen molar-refractivity contribution in [2.45, 2.75) is 32.4 Å². The highest BCUT2D eigenvalue weighted by Crippen LogP contribution is 2.25. The van der Waals surface area contributed by atoms with Gasteiger partial charge < -0.3 is 0 Å². The van der Waals surface area contributed by atoms with Crippen LogP contribution in [0.1, 0.15) is 28.9 Å². The lowest BCUT2D eigenvalue weighted by atomic mass is 10.1. The SMILES string of the molecule is CN(Cc1ccccc1)Cc1c2c(nn1C)CCC2. The molecule has 0 atom stereocenters. The summed E-state index contributed by atoms with van der Waals surface area (Å²) in [6, 6.07) is 10.6. The van der Waals surface area contributed by atoms with Crippen LogP contribution in [0.5, 0.6) is 0 Å². The molecular formula is C16H21N3. The first-order valence-corrected chi connectivity index (χ1v) is 7.00. The van der Waals surface area contributed by atoms with E-state index in [9.17, 15) is 0 Å². The van der Waals surface area contributed by atoms with Crippen LogP contribution in [0, 0.1) is 0 Å². The molecule has 0 fully saturated rings. The molecule has 1 aliphatic rings. The van der Waals surface area contributed by atoms with Crippen LogP contribution in [0.3, 0.4) is 0 Å². The Morgan fingerprint density at radius 1 is 1.16 bits per heavy atom. The normalized spacial score (nSPS) is 14.1. The predicted molar refractivity (Wildman–Crippen MR) is 76.8 cm³/mol. The van der Waals surface area contributed by atoms with Crippen LogP contribution >= 0.6 is 0 Å². The van der Waals surface area contributed by atoms with Crippen LogP contribution in [0.15, 0.2) is 30.3 Å². The first kappa shape index (κ1) is 12.4. The van der Waals surface area contributed by atoms with Gasteiger partial charge in [0.25, 0.3) is 0 Å². The van der Waals surface area contributed by atoms with Crippen LogP contribution in [0.25, 0.3) is 0 Å². The van der Waals surface area contributed by atoms with Gasteiger partial charge in [-0.15, -0.1) is 0 Å². The van der Waals surface area contributed by atoms with Crippen molar-refractivity contribution >= 4 is 0 Å². The Morgan fingerprint density at radius 3 is 2.74 bits per heavy atom. The van der Waals surface area contributed by atoms with Crippen molar-refractivity contribution in [2.75, 3.05) is 7.05 Å². The van der Waals surface area contributed by atoms with Crippen LogP contribution in [-0.4, -0.2) is 21.7 Å². The lowest BCUT2D eigenvalue weighted by Crippen LogP contribution is -2.20. The van der Waals surface area contributed by atoms with Crippen molar-refractivity contribution in [3.05, 3.63) is 52.8 Å². The molecule has 0 bridgehead atoms. The van der Waals surface area contributed by atoms with E-state index in [4.69, 9.17) is 0 Å². The molecule has 2 aromatic rings. The minimum Gasteiger partial charge on any atom is -0.296 e. The summed E-state index contributed by atoms with van der Waals surface area (Å²) < 4.78 is 2.07. The standard InChI is InChI=1S/C16H21N3/c1-18(11-13-7-4-3-5-8-13)12-16-14-9-6-10-15(14)17-19(16)2/h3-5,7-8H,6,9-12H2,1-2H3. The Kier molecular flexibility index (Phi) is 3.38. The summed E-state index contributed by atoms with van der Waals surface area (Å²) in [4.78, 5) is 2.37. The molecule has 0 saturated heterocycles. The molecule has 100 valence electrons. The Labute approximate surface area is 114 Å². The average molecular weight is 255 g/mol. The molecule has 0 aliphatic heterocycles. The number of aryl methyl sites for hydroxylation is 2. The molecule has 0 saturated carbocycles. The number of hydrogen-bond donors (Lipinski definition) is 0. The second-order valence-electron chi connectivity index (χ2n) is 5.51. The van der Waals surface area contributed by atoms with E-state index in [0.29, 0.717) is 0 Å². The van der Waals surface area contributed by atoms with Gasteiger partial charge in [0.1, 0.15) is 0 Å². The van der Waals surface area contributed by atoms with E-state index in [-0.39, 0.29) is 0 Å². The predicted octanol–water partition coefficient (Wildman–Crippen LogP) is 2.54. The average Bonchev–Trinajstić information content (AvgIpc) is 2.94. The van der Waals surface area contributed by atoms with E-state index in [0.717, 1.165) is 19.5 Å². The fourth-order valence-electron chi connectivity index (χ4n) is 2.99. The van der Waals surface area contributed by atoms with Crippen molar-refractivity contribution < 1.29 is 0 Å². The van der Waals surface area contributed by atoms with Crippen molar-refractivity contribution in [3.8, 4) is 0 Å². The molecular weight excluding hydrogens is 234 g/mol. The van der Waals surface area contributed by atoms with Gasteiger partial charge in [-0.3, -0.25) is 9.58 Å². The number of benzene rings is 1. The quantitative estimate of drug-likeness (QED) is 0.837. The van der Waals surface area contributed by atoms with Crippen molar-refractivity contribution in [1.29, 1.82) is 0 Å². The largest absolute Gasteiger partial charge is 0.296 e. The molecule has 3 nitrogen and oxygen atoms in total. The minimum absolute atomic E-state index is 0.980. The van der Waals surface area contributed by atoms with Gasteiger partial charge in [-0.2, -0.15) is 5.10 Å². The van der Waals surface area contributed by atoms with Gasteiger partial charge in [-0.05, 0) is 37.4 Å². The van der Waals surface area contributed by atoms with Gasteiger partial charge in [-0.1, -0.05) is 30.3 Å². The second kappa shape index (κ2) is 5.17. The molecule has 3 rings (SSSR count). The summed E-state index contributed by atoms with van der Waals surface area (Å²) in [5.74, 6) is 0. The monoisotopic (exact) mass is 255 g/mol. The molecule has 0 radical (unpaired) electrons. The zero-order valence-corrected chi connectivity index (χ0v) is 11.8. The highest BCUT2D eigenvalue weighted by atomic mass is 15.3. The zero-order chi connectivity index (χ0) is 13.2. The van der Waals surface area contributed by atoms with Gasteiger partial charge >= 0.3 is 0 Å². The molecule has 0 N–H and O–H groups in total. The van der Waals surface area contributed by atoms with Gasteiger partial charge in [0.15, 0.2) is 0 Å². The Balaban J connectivity index is 1.71. The van der Waals surface area contributed by atoms with Crippen LogP contribution < -0.4 is 0 Å². The van der Waals surface area contributed by atoms with Crippen LogP contribution in [0.2, 0.25) is 0 Å². The smallest absolute Gasteiger partial charge is 0.0660 e. The van der Waals surface area contributed by atoms with E-state index < -0.39 is 0 Å². The third-order valence-electron chi connectivity index (χ3n) is 3.91.